The summed E-state index contributed by atoms with van der Waals surface area (Å²) < 4.78 is 32.2. The van der Waals surface area contributed by atoms with Crippen LogP contribution in [0.4, 0.5) is 11.5 Å². The van der Waals surface area contributed by atoms with Crippen LogP contribution in [0.25, 0.3) is 0 Å². The molecule has 0 amide bonds. The van der Waals surface area contributed by atoms with Crippen LogP contribution in [0, 0.1) is 0 Å². The Kier molecular flexibility index (Phi) is 4.09. The number of nitrogens with one attached hydrogen (secondary N) is 1. The van der Waals surface area contributed by atoms with Crippen LogP contribution >= 0.6 is 11.3 Å². The molecule has 0 radical (unpaired) electrons. The van der Waals surface area contributed by atoms with Gasteiger partial charge in [0.25, 0.3) is 10.0 Å². The summed E-state index contributed by atoms with van der Waals surface area (Å²) in [4.78, 5) is 6.34. The minimum Gasteiger partial charge on any atom is -0.378 e. The number of morpholine rings is 1. The average Bonchev–Trinajstić information content (AvgIpc) is 3.04. The monoisotopic (exact) mass is 325 g/mol. The fourth-order valence-corrected chi connectivity index (χ4v) is 4.06. The minimum atomic E-state index is -3.54. The molecule has 8 heteroatoms. The van der Waals surface area contributed by atoms with E-state index in [0.717, 1.165) is 18.8 Å². The second-order valence-electron chi connectivity index (χ2n) is 4.54. The largest absolute Gasteiger partial charge is 0.378 e. The fourth-order valence-electron chi connectivity index (χ4n) is 2.06. The van der Waals surface area contributed by atoms with Gasteiger partial charge in [0.05, 0.1) is 25.1 Å². The van der Waals surface area contributed by atoms with Gasteiger partial charge in [-0.2, -0.15) is 0 Å². The molecule has 0 aromatic carbocycles. The number of nitrogens with zero attached hydrogens (tertiary/aromatic N) is 2. The summed E-state index contributed by atoms with van der Waals surface area (Å²) in [5, 5.41) is 1.73. The van der Waals surface area contributed by atoms with Gasteiger partial charge in [0, 0.05) is 13.1 Å². The summed E-state index contributed by atoms with van der Waals surface area (Å²) in [6.45, 7) is 3.05. The third kappa shape index (κ3) is 3.34. The molecule has 0 atom stereocenters. The van der Waals surface area contributed by atoms with Crippen LogP contribution in [0.5, 0.6) is 0 Å². The maximum atomic E-state index is 12.1. The molecule has 3 heterocycles. The van der Waals surface area contributed by atoms with Gasteiger partial charge >= 0.3 is 0 Å². The molecular formula is C13H15N3O3S2. The zero-order valence-electron chi connectivity index (χ0n) is 11.2. The second kappa shape index (κ2) is 6.00. The van der Waals surface area contributed by atoms with E-state index in [-0.39, 0.29) is 4.21 Å². The SMILES string of the molecule is O=S(=O)(Nc1ccc(N2CCOCC2)cn1)c1cccs1. The van der Waals surface area contributed by atoms with E-state index in [1.54, 1.807) is 29.8 Å². The summed E-state index contributed by atoms with van der Waals surface area (Å²) in [6, 6.07) is 6.81. The van der Waals surface area contributed by atoms with Crippen molar-refractivity contribution in [1.82, 2.24) is 4.98 Å². The maximum absolute atomic E-state index is 12.1. The third-order valence-electron chi connectivity index (χ3n) is 3.12. The van der Waals surface area contributed by atoms with Crippen molar-refractivity contribution in [1.29, 1.82) is 0 Å². The quantitative estimate of drug-likeness (QED) is 0.928. The normalized spacial score (nSPS) is 15.9. The highest BCUT2D eigenvalue weighted by molar-refractivity contribution is 7.94. The Morgan fingerprint density at radius 1 is 1.24 bits per heavy atom. The lowest BCUT2D eigenvalue weighted by molar-refractivity contribution is 0.122. The van der Waals surface area contributed by atoms with E-state index in [4.69, 9.17) is 4.74 Å². The third-order valence-corrected chi connectivity index (χ3v) is 5.88. The van der Waals surface area contributed by atoms with Gasteiger partial charge in [-0.15, -0.1) is 11.3 Å². The van der Waals surface area contributed by atoms with Crippen LogP contribution in [0.3, 0.4) is 0 Å². The second-order valence-corrected chi connectivity index (χ2v) is 7.40. The summed E-state index contributed by atoms with van der Waals surface area (Å²) in [7, 11) is -3.54. The molecule has 1 aliphatic rings. The first kappa shape index (κ1) is 14.3. The van der Waals surface area contributed by atoms with Crippen molar-refractivity contribution in [3.8, 4) is 0 Å². The van der Waals surface area contributed by atoms with Crippen molar-refractivity contribution in [3.63, 3.8) is 0 Å². The number of sulfonamides is 1. The number of ether oxygens (including phenoxy) is 1. The molecule has 0 aliphatic carbocycles. The van der Waals surface area contributed by atoms with E-state index in [1.165, 1.54) is 11.3 Å². The van der Waals surface area contributed by atoms with Crippen molar-refractivity contribution >= 4 is 32.9 Å². The molecule has 6 nitrogen and oxygen atoms in total. The van der Waals surface area contributed by atoms with Crippen molar-refractivity contribution in [2.24, 2.45) is 0 Å². The zero-order valence-corrected chi connectivity index (χ0v) is 12.9. The molecule has 2 aromatic rings. The van der Waals surface area contributed by atoms with Crippen LogP contribution in [0.15, 0.2) is 40.1 Å². The van der Waals surface area contributed by atoms with Crippen LogP contribution in [-0.2, 0) is 14.8 Å². The Morgan fingerprint density at radius 2 is 2.05 bits per heavy atom. The first-order valence-corrected chi connectivity index (χ1v) is 8.86. The van der Waals surface area contributed by atoms with Crippen LogP contribution in [0.1, 0.15) is 0 Å². The molecule has 0 saturated carbocycles. The molecule has 0 spiro atoms. The maximum Gasteiger partial charge on any atom is 0.272 e. The number of rotatable bonds is 4. The number of thiophene rings is 1. The number of aromatic nitrogens is 1. The van der Waals surface area contributed by atoms with Crippen LogP contribution < -0.4 is 9.62 Å². The first-order chi connectivity index (χ1) is 10.1. The lowest BCUT2D eigenvalue weighted by atomic mass is 10.3. The Bertz CT molecular complexity index is 678. The average molecular weight is 325 g/mol. The van der Waals surface area contributed by atoms with Gasteiger partial charge in [0.2, 0.25) is 0 Å². The Hall–Kier alpha value is -1.64. The smallest absolute Gasteiger partial charge is 0.272 e. The van der Waals surface area contributed by atoms with Crippen molar-refractivity contribution < 1.29 is 13.2 Å². The van der Waals surface area contributed by atoms with Gasteiger partial charge in [-0.3, -0.25) is 4.72 Å². The minimum absolute atomic E-state index is 0.279. The summed E-state index contributed by atoms with van der Waals surface area (Å²) in [5.41, 5.74) is 0.970. The fraction of sp³-hybridized carbons (Fsp3) is 0.308. The highest BCUT2D eigenvalue weighted by Crippen LogP contribution is 2.21. The van der Waals surface area contributed by atoms with E-state index in [0.29, 0.717) is 19.0 Å². The summed E-state index contributed by atoms with van der Waals surface area (Å²) in [6.07, 6.45) is 1.68. The van der Waals surface area contributed by atoms with Gasteiger partial charge in [-0.05, 0) is 23.6 Å². The van der Waals surface area contributed by atoms with Crippen molar-refractivity contribution in [2.45, 2.75) is 4.21 Å². The van der Waals surface area contributed by atoms with E-state index in [2.05, 4.69) is 14.6 Å². The number of hydrogen-bond acceptors (Lipinski definition) is 6. The van der Waals surface area contributed by atoms with E-state index in [1.807, 2.05) is 6.07 Å². The summed E-state index contributed by atoms with van der Waals surface area (Å²) in [5.74, 6) is 0.320. The molecule has 112 valence electrons. The van der Waals surface area contributed by atoms with Gasteiger partial charge in [0.15, 0.2) is 0 Å². The number of anilines is 2. The van der Waals surface area contributed by atoms with Crippen LogP contribution in [0.2, 0.25) is 0 Å². The van der Waals surface area contributed by atoms with Gasteiger partial charge < -0.3 is 9.64 Å². The predicted octanol–water partition coefficient (Wildman–Crippen LogP) is 1.78. The zero-order chi connectivity index (χ0) is 14.7. The molecule has 2 aromatic heterocycles. The Balaban J connectivity index is 1.72. The van der Waals surface area contributed by atoms with E-state index < -0.39 is 10.0 Å². The Morgan fingerprint density at radius 3 is 2.67 bits per heavy atom. The van der Waals surface area contributed by atoms with Gasteiger partial charge in [-0.25, -0.2) is 13.4 Å². The van der Waals surface area contributed by atoms with E-state index in [9.17, 15) is 8.42 Å². The predicted molar refractivity (Wildman–Crippen MR) is 82.4 cm³/mol. The molecular weight excluding hydrogens is 310 g/mol. The lowest BCUT2D eigenvalue weighted by Crippen LogP contribution is -2.36. The summed E-state index contributed by atoms with van der Waals surface area (Å²) >= 11 is 1.17. The molecule has 1 fully saturated rings. The molecule has 0 unspecified atom stereocenters. The topological polar surface area (TPSA) is 71.5 Å². The van der Waals surface area contributed by atoms with Crippen molar-refractivity contribution in [2.75, 3.05) is 35.9 Å². The first-order valence-electron chi connectivity index (χ1n) is 6.50. The van der Waals surface area contributed by atoms with Crippen molar-refractivity contribution in [3.05, 3.63) is 35.8 Å². The van der Waals surface area contributed by atoms with E-state index >= 15 is 0 Å². The number of pyridine rings is 1. The molecule has 1 saturated heterocycles. The highest BCUT2D eigenvalue weighted by Gasteiger charge is 2.16. The van der Waals surface area contributed by atoms with Gasteiger partial charge in [0.1, 0.15) is 10.0 Å². The van der Waals surface area contributed by atoms with Gasteiger partial charge in [-0.1, -0.05) is 6.07 Å². The molecule has 0 bridgehead atoms. The molecule has 3 rings (SSSR count). The number of hydrogen-bond donors (Lipinski definition) is 1. The highest BCUT2D eigenvalue weighted by atomic mass is 32.2. The molecule has 1 N–H and O–H groups in total. The lowest BCUT2D eigenvalue weighted by Gasteiger charge is -2.28. The molecule has 21 heavy (non-hydrogen) atoms. The molecule has 1 aliphatic heterocycles. The van der Waals surface area contributed by atoms with Crippen LogP contribution in [-0.4, -0.2) is 39.7 Å². The standard InChI is InChI=1S/C13H15N3O3S2/c17-21(18,13-2-1-9-20-13)15-12-4-3-11(10-14-12)16-5-7-19-8-6-16/h1-4,9-10H,5-8H2,(H,14,15). The Labute approximate surface area is 127 Å².